The lowest BCUT2D eigenvalue weighted by Gasteiger charge is -2.07. The summed E-state index contributed by atoms with van der Waals surface area (Å²) in [5, 5.41) is 3.91. The normalized spacial score (nSPS) is 10.5. The molecule has 1 N–H and O–H groups in total. The van der Waals surface area contributed by atoms with Crippen LogP contribution in [0.2, 0.25) is 5.02 Å². The molecule has 0 saturated heterocycles. The van der Waals surface area contributed by atoms with Crippen LogP contribution in [0.4, 0.5) is 5.82 Å². The van der Waals surface area contributed by atoms with Crippen LogP contribution in [0.5, 0.6) is 0 Å². The fourth-order valence-corrected chi connectivity index (χ4v) is 2.92. The molecule has 1 aromatic heterocycles. The van der Waals surface area contributed by atoms with E-state index in [0.717, 1.165) is 28.3 Å². The van der Waals surface area contributed by atoms with Crippen molar-refractivity contribution in [2.24, 2.45) is 0 Å². The molecule has 2 nitrogen and oxygen atoms in total. The van der Waals surface area contributed by atoms with Gasteiger partial charge in [0.05, 0.1) is 10.7 Å². The third-order valence-corrected chi connectivity index (χ3v) is 4.36. The highest BCUT2D eigenvalue weighted by atomic mass is 79.9. The van der Waals surface area contributed by atoms with E-state index >= 15 is 0 Å². The summed E-state index contributed by atoms with van der Waals surface area (Å²) in [4.78, 5) is 5.73. The standard InChI is InChI=1S/C14H14BrClN2S/c1-2-17-14-8-7-12(16)13(18-14)9-19-11-5-3-10(15)4-6-11/h3-8H,2,9H2,1H3,(H,17,18). The molecule has 1 aromatic carbocycles. The Balaban J connectivity index is 2.05. The second-order valence-corrected chi connectivity index (χ2v) is 6.27. The van der Waals surface area contributed by atoms with Crippen LogP contribution >= 0.6 is 39.3 Å². The molecular formula is C14H14BrClN2S. The molecule has 100 valence electrons. The Kier molecular flexibility index (Phi) is 5.55. The van der Waals surface area contributed by atoms with Gasteiger partial charge in [-0.25, -0.2) is 4.98 Å². The van der Waals surface area contributed by atoms with Gasteiger partial charge in [-0.05, 0) is 43.3 Å². The van der Waals surface area contributed by atoms with Crippen molar-refractivity contribution in [1.82, 2.24) is 4.98 Å². The molecule has 2 aromatic rings. The van der Waals surface area contributed by atoms with E-state index in [-0.39, 0.29) is 0 Å². The molecule has 19 heavy (non-hydrogen) atoms. The fraction of sp³-hybridized carbons (Fsp3) is 0.214. The second kappa shape index (κ2) is 7.17. The van der Waals surface area contributed by atoms with Crippen LogP contribution in [-0.4, -0.2) is 11.5 Å². The highest BCUT2D eigenvalue weighted by molar-refractivity contribution is 9.10. The van der Waals surface area contributed by atoms with Gasteiger partial charge in [-0.2, -0.15) is 0 Å². The predicted octanol–water partition coefficient (Wildman–Crippen LogP) is 5.22. The fourth-order valence-electron chi connectivity index (χ4n) is 1.55. The van der Waals surface area contributed by atoms with Gasteiger partial charge >= 0.3 is 0 Å². The van der Waals surface area contributed by atoms with Crippen molar-refractivity contribution in [3.05, 3.63) is 51.6 Å². The molecule has 0 bridgehead atoms. The molecule has 0 atom stereocenters. The van der Waals surface area contributed by atoms with Crippen LogP contribution in [0.1, 0.15) is 12.6 Å². The zero-order chi connectivity index (χ0) is 13.7. The maximum atomic E-state index is 6.18. The van der Waals surface area contributed by atoms with E-state index < -0.39 is 0 Å². The molecule has 1 heterocycles. The molecular weight excluding hydrogens is 344 g/mol. The largest absolute Gasteiger partial charge is 0.370 e. The van der Waals surface area contributed by atoms with E-state index in [1.807, 2.05) is 31.2 Å². The van der Waals surface area contributed by atoms with E-state index in [1.54, 1.807) is 11.8 Å². The van der Waals surface area contributed by atoms with Gasteiger partial charge in [0.15, 0.2) is 0 Å². The molecule has 0 fully saturated rings. The van der Waals surface area contributed by atoms with Gasteiger partial charge in [0.2, 0.25) is 0 Å². The van der Waals surface area contributed by atoms with E-state index in [1.165, 1.54) is 4.90 Å². The Bertz CT molecular complexity index is 546. The number of hydrogen-bond donors (Lipinski definition) is 1. The van der Waals surface area contributed by atoms with Crippen molar-refractivity contribution < 1.29 is 0 Å². The Morgan fingerprint density at radius 1 is 1.21 bits per heavy atom. The van der Waals surface area contributed by atoms with Gasteiger partial charge in [0.25, 0.3) is 0 Å². The number of aromatic nitrogens is 1. The Labute approximate surface area is 131 Å². The Morgan fingerprint density at radius 2 is 1.95 bits per heavy atom. The SMILES string of the molecule is CCNc1ccc(Cl)c(CSc2ccc(Br)cc2)n1. The minimum Gasteiger partial charge on any atom is -0.370 e. The summed E-state index contributed by atoms with van der Waals surface area (Å²) < 4.78 is 1.09. The number of nitrogens with zero attached hydrogens (tertiary/aromatic N) is 1. The predicted molar refractivity (Wildman–Crippen MR) is 87.1 cm³/mol. The summed E-state index contributed by atoms with van der Waals surface area (Å²) in [6.45, 7) is 2.90. The van der Waals surface area contributed by atoms with Crippen LogP contribution in [0.15, 0.2) is 45.8 Å². The lowest BCUT2D eigenvalue weighted by Crippen LogP contribution is -2.01. The molecule has 2 rings (SSSR count). The number of nitrogens with one attached hydrogen (secondary N) is 1. The third-order valence-electron chi connectivity index (χ3n) is 2.47. The summed E-state index contributed by atoms with van der Waals surface area (Å²) in [5.41, 5.74) is 0.910. The highest BCUT2D eigenvalue weighted by Gasteiger charge is 2.05. The van der Waals surface area contributed by atoms with E-state index in [2.05, 4.69) is 38.4 Å². The topological polar surface area (TPSA) is 24.9 Å². The van der Waals surface area contributed by atoms with Crippen molar-refractivity contribution in [3.8, 4) is 0 Å². The zero-order valence-corrected chi connectivity index (χ0v) is 13.6. The van der Waals surface area contributed by atoms with E-state index in [9.17, 15) is 0 Å². The summed E-state index contributed by atoms with van der Waals surface area (Å²) in [7, 11) is 0. The maximum absolute atomic E-state index is 6.18. The van der Waals surface area contributed by atoms with Crippen LogP contribution in [0.25, 0.3) is 0 Å². The minimum atomic E-state index is 0.714. The summed E-state index contributed by atoms with van der Waals surface area (Å²) in [6.07, 6.45) is 0. The first-order valence-corrected chi connectivity index (χ1v) is 8.12. The lowest BCUT2D eigenvalue weighted by atomic mass is 10.3. The number of anilines is 1. The van der Waals surface area contributed by atoms with Crippen molar-refractivity contribution in [1.29, 1.82) is 0 Å². The van der Waals surface area contributed by atoms with Gasteiger partial charge in [0, 0.05) is 21.7 Å². The average molecular weight is 358 g/mol. The van der Waals surface area contributed by atoms with Gasteiger partial charge in [-0.3, -0.25) is 0 Å². The van der Waals surface area contributed by atoms with Crippen molar-refractivity contribution in [3.63, 3.8) is 0 Å². The quantitative estimate of drug-likeness (QED) is 0.742. The molecule has 0 unspecified atom stereocenters. The molecule has 0 aliphatic carbocycles. The van der Waals surface area contributed by atoms with Gasteiger partial charge in [-0.1, -0.05) is 27.5 Å². The maximum Gasteiger partial charge on any atom is 0.126 e. The molecule has 0 radical (unpaired) electrons. The van der Waals surface area contributed by atoms with Crippen LogP contribution in [-0.2, 0) is 5.75 Å². The first kappa shape index (κ1) is 14.7. The van der Waals surface area contributed by atoms with E-state index in [0.29, 0.717) is 5.02 Å². The van der Waals surface area contributed by atoms with Crippen LogP contribution in [0, 0.1) is 0 Å². The monoisotopic (exact) mass is 356 g/mol. The smallest absolute Gasteiger partial charge is 0.126 e. The number of hydrogen-bond acceptors (Lipinski definition) is 3. The minimum absolute atomic E-state index is 0.714. The number of benzene rings is 1. The van der Waals surface area contributed by atoms with E-state index in [4.69, 9.17) is 11.6 Å². The molecule has 5 heteroatoms. The number of pyridine rings is 1. The first-order valence-electron chi connectivity index (χ1n) is 5.96. The second-order valence-electron chi connectivity index (χ2n) is 3.90. The Hall–Kier alpha value is -0.710. The van der Waals surface area contributed by atoms with Gasteiger partial charge in [-0.15, -0.1) is 11.8 Å². The summed E-state index contributed by atoms with van der Waals surface area (Å²) in [5.74, 6) is 1.64. The highest BCUT2D eigenvalue weighted by Crippen LogP contribution is 2.27. The average Bonchev–Trinajstić information content (AvgIpc) is 2.41. The van der Waals surface area contributed by atoms with Gasteiger partial charge < -0.3 is 5.32 Å². The number of thioether (sulfide) groups is 1. The zero-order valence-electron chi connectivity index (χ0n) is 10.5. The molecule has 0 spiro atoms. The molecule has 0 aliphatic rings. The van der Waals surface area contributed by atoms with Crippen LogP contribution < -0.4 is 5.32 Å². The Morgan fingerprint density at radius 3 is 2.63 bits per heavy atom. The molecule has 0 aliphatic heterocycles. The third kappa shape index (κ3) is 4.41. The molecule has 0 saturated carbocycles. The first-order chi connectivity index (χ1) is 9.19. The number of rotatable bonds is 5. The van der Waals surface area contributed by atoms with Crippen molar-refractivity contribution in [2.45, 2.75) is 17.6 Å². The lowest BCUT2D eigenvalue weighted by molar-refractivity contribution is 1.11. The van der Waals surface area contributed by atoms with Crippen molar-refractivity contribution >= 4 is 45.1 Å². The number of halogens is 2. The van der Waals surface area contributed by atoms with Gasteiger partial charge in [0.1, 0.15) is 5.82 Å². The van der Waals surface area contributed by atoms with Crippen molar-refractivity contribution in [2.75, 3.05) is 11.9 Å². The molecule has 0 amide bonds. The van der Waals surface area contributed by atoms with Crippen LogP contribution in [0.3, 0.4) is 0 Å². The summed E-state index contributed by atoms with van der Waals surface area (Å²) in [6, 6.07) is 12.0. The summed E-state index contributed by atoms with van der Waals surface area (Å²) >= 11 is 11.3.